The summed E-state index contributed by atoms with van der Waals surface area (Å²) in [5.41, 5.74) is -1.78. The van der Waals surface area contributed by atoms with Gasteiger partial charge in [0.15, 0.2) is 5.78 Å². The largest absolute Gasteiger partial charge is 0.348 e. The summed E-state index contributed by atoms with van der Waals surface area (Å²) >= 11 is 5.91. The van der Waals surface area contributed by atoms with E-state index < -0.39 is 34.5 Å². The highest BCUT2D eigenvalue weighted by molar-refractivity contribution is 6.30. The number of nitrogens with one attached hydrogen (secondary N) is 2. The Hall–Kier alpha value is -2.02. The molecule has 1 aromatic carbocycles. The monoisotopic (exact) mass is 440 g/mol. The lowest BCUT2D eigenvalue weighted by Crippen LogP contribution is -2.64. The van der Waals surface area contributed by atoms with Gasteiger partial charge in [-0.05, 0) is 50.2 Å². The molecule has 0 spiro atoms. The molecule has 0 saturated heterocycles. The lowest BCUT2D eigenvalue weighted by atomic mass is 9.65. The van der Waals surface area contributed by atoms with E-state index in [1.807, 2.05) is 6.92 Å². The van der Waals surface area contributed by atoms with Crippen LogP contribution in [0.5, 0.6) is 0 Å². The molecule has 0 radical (unpaired) electrons. The first-order valence-electron chi connectivity index (χ1n) is 10.2. The molecule has 0 bridgehead atoms. The molecule has 164 valence electrons. The number of rotatable bonds is 6. The number of ketones is 1. The second kappa shape index (κ2) is 8.25. The van der Waals surface area contributed by atoms with Crippen LogP contribution in [0, 0.1) is 23.0 Å². The van der Waals surface area contributed by atoms with Crippen molar-refractivity contribution in [3.05, 3.63) is 34.4 Å². The maximum absolute atomic E-state index is 14.8. The van der Waals surface area contributed by atoms with Crippen LogP contribution in [-0.2, 0) is 14.4 Å². The number of carbonyl (C=O) groups excluding carboxylic acids is 3. The van der Waals surface area contributed by atoms with Gasteiger partial charge in [-0.15, -0.1) is 0 Å². The number of carbonyl (C=O) groups is 3. The average molecular weight is 441 g/mol. The van der Waals surface area contributed by atoms with E-state index in [-0.39, 0.29) is 41.0 Å². The van der Waals surface area contributed by atoms with Crippen LogP contribution < -0.4 is 10.6 Å². The number of amides is 2. The summed E-state index contributed by atoms with van der Waals surface area (Å²) in [5, 5.41) is 5.30. The summed E-state index contributed by atoms with van der Waals surface area (Å²) in [6.45, 7) is 4.62. The van der Waals surface area contributed by atoms with Gasteiger partial charge in [0, 0.05) is 18.4 Å². The maximum Gasteiger partial charge on any atom is 0.223 e. The minimum Gasteiger partial charge on any atom is -0.348 e. The van der Waals surface area contributed by atoms with Crippen LogP contribution >= 0.6 is 11.6 Å². The maximum atomic E-state index is 14.8. The van der Waals surface area contributed by atoms with E-state index in [0.29, 0.717) is 0 Å². The lowest BCUT2D eigenvalue weighted by molar-refractivity contribution is -0.142. The first-order chi connectivity index (χ1) is 14.0. The summed E-state index contributed by atoms with van der Waals surface area (Å²) in [5.74, 6) is -3.08. The van der Waals surface area contributed by atoms with Gasteiger partial charge in [-0.2, -0.15) is 0 Å². The van der Waals surface area contributed by atoms with Gasteiger partial charge in [-0.3, -0.25) is 14.4 Å². The third-order valence-corrected chi connectivity index (χ3v) is 7.04. The Bertz CT molecular complexity index is 877. The fourth-order valence-corrected chi connectivity index (χ4v) is 5.08. The number of benzene rings is 1. The van der Waals surface area contributed by atoms with Crippen molar-refractivity contribution in [1.82, 2.24) is 10.6 Å². The molecule has 30 heavy (non-hydrogen) atoms. The minimum absolute atomic E-state index is 0.164. The summed E-state index contributed by atoms with van der Waals surface area (Å²) in [7, 11) is 0. The number of halogens is 3. The van der Waals surface area contributed by atoms with Crippen LogP contribution in [0.4, 0.5) is 8.78 Å². The van der Waals surface area contributed by atoms with Crippen molar-refractivity contribution in [2.24, 2.45) is 11.3 Å². The van der Waals surface area contributed by atoms with Crippen molar-refractivity contribution < 1.29 is 23.2 Å². The first kappa shape index (κ1) is 22.7. The fourth-order valence-electron chi connectivity index (χ4n) is 4.92. The normalized spacial score (nSPS) is 25.9. The SMILES string of the molecule is CC(=O)NC1(C(C)=O)CC(C(=O)N[C@@H](c2c(F)ccc(Cl)c2F)C2(C)CCCC2)C1. The van der Waals surface area contributed by atoms with Crippen molar-refractivity contribution in [3.8, 4) is 0 Å². The van der Waals surface area contributed by atoms with Crippen LogP contribution in [0.1, 0.15) is 70.9 Å². The third kappa shape index (κ3) is 4.09. The van der Waals surface area contributed by atoms with Crippen molar-refractivity contribution in [1.29, 1.82) is 0 Å². The Morgan fingerprint density at radius 2 is 1.73 bits per heavy atom. The van der Waals surface area contributed by atoms with Crippen LogP contribution in [0.25, 0.3) is 0 Å². The van der Waals surface area contributed by atoms with Gasteiger partial charge in [0.1, 0.15) is 11.6 Å². The number of hydrogen-bond acceptors (Lipinski definition) is 3. The van der Waals surface area contributed by atoms with Crippen molar-refractivity contribution in [3.63, 3.8) is 0 Å². The zero-order valence-electron chi connectivity index (χ0n) is 17.4. The first-order valence-corrected chi connectivity index (χ1v) is 10.6. The van der Waals surface area contributed by atoms with Gasteiger partial charge in [0.2, 0.25) is 11.8 Å². The third-order valence-electron chi connectivity index (χ3n) is 6.75. The topological polar surface area (TPSA) is 75.3 Å². The average Bonchev–Trinajstić information content (AvgIpc) is 3.07. The number of Topliss-reactive ketones (excluding diaryl/α,β-unsaturated/α-hetero) is 1. The molecular weight excluding hydrogens is 414 g/mol. The molecule has 2 fully saturated rings. The van der Waals surface area contributed by atoms with Crippen molar-refractivity contribution in [2.45, 2.75) is 70.9 Å². The van der Waals surface area contributed by atoms with Gasteiger partial charge >= 0.3 is 0 Å². The molecule has 2 amide bonds. The van der Waals surface area contributed by atoms with Crippen LogP contribution in [0.2, 0.25) is 5.02 Å². The van der Waals surface area contributed by atoms with E-state index in [9.17, 15) is 23.2 Å². The summed E-state index contributed by atoms with van der Waals surface area (Å²) < 4.78 is 29.5. The quantitative estimate of drug-likeness (QED) is 0.650. The highest BCUT2D eigenvalue weighted by Crippen LogP contribution is 2.49. The van der Waals surface area contributed by atoms with E-state index in [1.165, 1.54) is 13.8 Å². The van der Waals surface area contributed by atoms with Gasteiger partial charge < -0.3 is 10.6 Å². The molecule has 2 aliphatic carbocycles. The summed E-state index contributed by atoms with van der Waals surface area (Å²) in [6, 6.07) is 1.39. The predicted octanol–water partition coefficient (Wildman–Crippen LogP) is 4.23. The Balaban J connectivity index is 1.85. The number of hydrogen-bond donors (Lipinski definition) is 2. The van der Waals surface area contributed by atoms with Crippen molar-refractivity contribution >= 4 is 29.2 Å². The molecule has 2 N–H and O–H groups in total. The Morgan fingerprint density at radius 3 is 2.27 bits per heavy atom. The summed E-state index contributed by atoms with van der Waals surface area (Å²) in [4.78, 5) is 36.5. The molecule has 3 rings (SSSR count). The zero-order valence-corrected chi connectivity index (χ0v) is 18.2. The highest BCUT2D eigenvalue weighted by atomic mass is 35.5. The molecule has 0 aliphatic heterocycles. The molecule has 0 aromatic heterocycles. The van der Waals surface area contributed by atoms with E-state index in [1.54, 1.807) is 0 Å². The molecule has 2 saturated carbocycles. The predicted molar refractivity (Wildman–Crippen MR) is 109 cm³/mol. The molecule has 0 heterocycles. The van der Waals surface area contributed by atoms with Crippen molar-refractivity contribution in [2.75, 3.05) is 0 Å². The van der Waals surface area contributed by atoms with Crippen LogP contribution in [0.3, 0.4) is 0 Å². The molecule has 8 heteroatoms. The van der Waals surface area contributed by atoms with Crippen LogP contribution in [-0.4, -0.2) is 23.1 Å². The van der Waals surface area contributed by atoms with E-state index in [2.05, 4.69) is 10.6 Å². The van der Waals surface area contributed by atoms with Gasteiger partial charge in [0.25, 0.3) is 0 Å². The van der Waals surface area contributed by atoms with Gasteiger partial charge in [-0.1, -0.05) is 31.4 Å². The molecule has 0 unspecified atom stereocenters. The Kier molecular flexibility index (Phi) is 6.23. The standard InChI is InChI=1S/C22H27ClF2N2O3/c1-12(28)22(27-13(2)29)10-14(11-22)20(30)26-19(21(3)8-4-5-9-21)17-16(24)7-6-15(23)18(17)25/h6-7,14,19H,4-5,8-11H2,1-3H3,(H,26,30)(H,27,29)/t14?,19-,22?/m0/s1. The summed E-state index contributed by atoms with van der Waals surface area (Å²) in [6.07, 6.45) is 3.59. The van der Waals surface area contributed by atoms with Crippen LogP contribution in [0.15, 0.2) is 12.1 Å². The molecule has 1 atom stereocenters. The molecule has 2 aliphatic rings. The Morgan fingerprint density at radius 1 is 1.13 bits per heavy atom. The minimum atomic E-state index is -1.05. The van der Waals surface area contributed by atoms with E-state index in [0.717, 1.165) is 37.8 Å². The van der Waals surface area contributed by atoms with Gasteiger partial charge in [-0.25, -0.2) is 8.78 Å². The highest BCUT2D eigenvalue weighted by Gasteiger charge is 2.52. The second-order valence-electron chi connectivity index (χ2n) is 8.98. The zero-order chi connectivity index (χ0) is 22.3. The smallest absolute Gasteiger partial charge is 0.223 e. The molecule has 1 aromatic rings. The Labute approximate surface area is 179 Å². The molecule has 5 nitrogen and oxygen atoms in total. The van der Waals surface area contributed by atoms with E-state index >= 15 is 0 Å². The van der Waals surface area contributed by atoms with E-state index in [4.69, 9.17) is 11.6 Å². The second-order valence-corrected chi connectivity index (χ2v) is 9.39. The lowest BCUT2D eigenvalue weighted by Gasteiger charge is -2.46. The van der Waals surface area contributed by atoms with Gasteiger partial charge in [0.05, 0.1) is 16.6 Å². The molecular formula is C22H27ClF2N2O3. The fraction of sp³-hybridized carbons (Fsp3) is 0.591.